The third kappa shape index (κ3) is 5.27. The lowest BCUT2D eigenvalue weighted by Gasteiger charge is -2.16. The number of rotatable bonds is 7. The molecule has 18 heavy (non-hydrogen) atoms. The van der Waals surface area contributed by atoms with Crippen molar-refractivity contribution in [3.63, 3.8) is 0 Å². The summed E-state index contributed by atoms with van der Waals surface area (Å²) < 4.78 is 5.33. The number of carbonyl (C=O) groups is 1. The van der Waals surface area contributed by atoms with Crippen LogP contribution in [-0.2, 0) is 21.0 Å². The van der Waals surface area contributed by atoms with Crippen molar-refractivity contribution in [3.05, 3.63) is 35.9 Å². The molecular formula is C13H19NO4. The fraction of sp³-hybridized carbons (Fsp3) is 0.462. The molecular weight excluding hydrogens is 234 g/mol. The van der Waals surface area contributed by atoms with Gasteiger partial charge in [-0.3, -0.25) is 9.63 Å². The Kier molecular flexibility index (Phi) is 6.35. The quantitative estimate of drug-likeness (QED) is 0.736. The van der Waals surface area contributed by atoms with E-state index in [1.165, 1.54) is 14.2 Å². The Morgan fingerprint density at radius 3 is 2.67 bits per heavy atom. The lowest BCUT2D eigenvalue weighted by Crippen LogP contribution is -2.30. The number of benzene rings is 1. The summed E-state index contributed by atoms with van der Waals surface area (Å²) in [7, 11) is 2.90. The smallest absolute Gasteiger partial charge is 0.248 e. The second-order valence-corrected chi connectivity index (χ2v) is 3.93. The summed E-state index contributed by atoms with van der Waals surface area (Å²) in [5.74, 6) is -0.284. The first kappa shape index (κ1) is 14.6. The van der Waals surface area contributed by atoms with Gasteiger partial charge in [0.05, 0.1) is 32.8 Å². The van der Waals surface area contributed by atoms with Crippen LogP contribution in [0.2, 0.25) is 0 Å². The maximum Gasteiger partial charge on any atom is 0.248 e. The second-order valence-electron chi connectivity index (χ2n) is 3.93. The van der Waals surface area contributed by atoms with Crippen LogP contribution in [0.3, 0.4) is 0 Å². The zero-order chi connectivity index (χ0) is 13.4. The highest BCUT2D eigenvalue weighted by molar-refractivity contribution is 5.75. The van der Waals surface area contributed by atoms with Gasteiger partial charge in [0.15, 0.2) is 0 Å². The van der Waals surface area contributed by atoms with Gasteiger partial charge in [-0.1, -0.05) is 30.3 Å². The van der Waals surface area contributed by atoms with Crippen molar-refractivity contribution in [3.8, 4) is 0 Å². The Labute approximate surface area is 107 Å². The third-order valence-electron chi connectivity index (χ3n) is 2.46. The largest absolute Gasteiger partial charge is 0.390 e. The Hall–Kier alpha value is -1.43. The molecule has 5 nitrogen and oxygen atoms in total. The van der Waals surface area contributed by atoms with Gasteiger partial charge in [-0.15, -0.1) is 0 Å². The minimum Gasteiger partial charge on any atom is -0.390 e. The van der Waals surface area contributed by atoms with Gasteiger partial charge >= 0.3 is 0 Å². The van der Waals surface area contributed by atoms with Gasteiger partial charge in [0.2, 0.25) is 5.91 Å². The molecule has 1 aromatic rings. The van der Waals surface area contributed by atoms with Crippen LogP contribution in [0.15, 0.2) is 30.3 Å². The Morgan fingerprint density at radius 2 is 2.06 bits per heavy atom. The molecule has 0 saturated heterocycles. The highest BCUT2D eigenvalue weighted by Crippen LogP contribution is 2.03. The summed E-state index contributed by atoms with van der Waals surface area (Å²) in [5.41, 5.74) is 1.03. The van der Waals surface area contributed by atoms with E-state index in [0.717, 1.165) is 10.6 Å². The summed E-state index contributed by atoms with van der Waals surface area (Å²) in [4.78, 5) is 16.1. The molecule has 1 unspecified atom stereocenters. The maximum atomic E-state index is 11.4. The van der Waals surface area contributed by atoms with Crippen molar-refractivity contribution in [2.45, 2.75) is 19.1 Å². The summed E-state index contributed by atoms with van der Waals surface area (Å²) in [6, 6.07) is 9.66. The highest BCUT2D eigenvalue weighted by Gasteiger charge is 2.14. The van der Waals surface area contributed by atoms with Gasteiger partial charge in [0, 0.05) is 7.05 Å². The molecule has 0 aliphatic heterocycles. The topological polar surface area (TPSA) is 59.0 Å². The van der Waals surface area contributed by atoms with Crippen LogP contribution in [0.5, 0.6) is 0 Å². The molecule has 0 aliphatic rings. The fourth-order valence-corrected chi connectivity index (χ4v) is 1.38. The molecule has 0 radical (unpaired) electrons. The van der Waals surface area contributed by atoms with E-state index in [1.807, 2.05) is 30.3 Å². The first-order valence-corrected chi connectivity index (χ1v) is 5.74. The van der Waals surface area contributed by atoms with E-state index in [2.05, 4.69) is 0 Å². The number of hydroxylamine groups is 2. The molecule has 0 heterocycles. The molecule has 0 saturated carbocycles. The monoisotopic (exact) mass is 253 g/mol. The number of amides is 1. The van der Waals surface area contributed by atoms with Gasteiger partial charge < -0.3 is 9.84 Å². The average Bonchev–Trinajstić information content (AvgIpc) is 2.38. The van der Waals surface area contributed by atoms with Crippen molar-refractivity contribution in [1.82, 2.24) is 5.06 Å². The first-order chi connectivity index (χ1) is 8.63. The molecule has 0 aliphatic carbocycles. The van der Waals surface area contributed by atoms with Crippen LogP contribution < -0.4 is 0 Å². The number of aliphatic hydroxyl groups is 1. The molecule has 1 rings (SSSR count). The van der Waals surface area contributed by atoms with Gasteiger partial charge in [-0.05, 0) is 5.56 Å². The first-order valence-electron chi connectivity index (χ1n) is 5.74. The molecule has 1 N–H and O–H groups in total. The van der Waals surface area contributed by atoms with Crippen LogP contribution in [0.4, 0.5) is 0 Å². The van der Waals surface area contributed by atoms with Gasteiger partial charge in [-0.2, -0.15) is 0 Å². The van der Waals surface area contributed by atoms with E-state index in [9.17, 15) is 9.90 Å². The molecule has 1 atom stereocenters. The molecule has 100 valence electrons. The summed E-state index contributed by atoms with van der Waals surface area (Å²) in [6.07, 6.45) is -0.835. The van der Waals surface area contributed by atoms with Crippen LogP contribution in [-0.4, -0.2) is 42.9 Å². The summed E-state index contributed by atoms with van der Waals surface area (Å²) >= 11 is 0. The van der Waals surface area contributed by atoms with E-state index >= 15 is 0 Å². The Bertz CT molecular complexity index is 355. The van der Waals surface area contributed by atoms with E-state index in [4.69, 9.17) is 9.57 Å². The predicted octanol–water partition coefficient (Wildman–Crippen LogP) is 0.974. The van der Waals surface area contributed by atoms with Gasteiger partial charge in [0.1, 0.15) is 0 Å². The van der Waals surface area contributed by atoms with Crippen molar-refractivity contribution in [2.75, 3.05) is 20.8 Å². The highest BCUT2D eigenvalue weighted by atomic mass is 16.7. The molecule has 0 aromatic heterocycles. The van der Waals surface area contributed by atoms with Crippen LogP contribution in [0.1, 0.15) is 12.0 Å². The van der Waals surface area contributed by atoms with E-state index in [0.29, 0.717) is 6.61 Å². The molecule has 0 bridgehead atoms. The molecule has 0 fully saturated rings. The minimum absolute atomic E-state index is 0.0148. The number of ether oxygens (including phenoxy) is 1. The molecule has 0 spiro atoms. The van der Waals surface area contributed by atoms with Crippen LogP contribution >= 0.6 is 0 Å². The van der Waals surface area contributed by atoms with Gasteiger partial charge in [0.25, 0.3) is 0 Å². The van der Waals surface area contributed by atoms with E-state index < -0.39 is 6.10 Å². The molecule has 1 aromatic carbocycles. The predicted molar refractivity (Wildman–Crippen MR) is 66.5 cm³/mol. The van der Waals surface area contributed by atoms with E-state index in [-0.39, 0.29) is 18.9 Å². The number of nitrogens with zero attached hydrogens (tertiary/aromatic N) is 1. The normalized spacial score (nSPS) is 12.2. The lowest BCUT2D eigenvalue weighted by molar-refractivity contribution is -0.171. The zero-order valence-corrected chi connectivity index (χ0v) is 10.7. The standard InChI is InChI=1S/C13H19NO4/c1-14(17-2)13(16)8-12(15)10-18-9-11-6-4-3-5-7-11/h3-7,12,15H,8-10H2,1-2H3. The minimum atomic E-state index is -0.821. The van der Waals surface area contributed by atoms with Crippen molar-refractivity contribution < 1.29 is 19.5 Å². The van der Waals surface area contributed by atoms with E-state index in [1.54, 1.807) is 0 Å². The van der Waals surface area contributed by atoms with Crippen molar-refractivity contribution >= 4 is 5.91 Å². The number of aliphatic hydroxyl groups excluding tert-OH is 1. The van der Waals surface area contributed by atoms with Crippen molar-refractivity contribution in [1.29, 1.82) is 0 Å². The zero-order valence-electron chi connectivity index (χ0n) is 10.7. The number of carbonyl (C=O) groups excluding carboxylic acids is 1. The van der Waals surface area contributed by atoms with Crippen LogP contribution in [0.25, 0.3) is 0 Å². The Morgan fingerprint density at radius 1 is 1.39 bits per heavy atom. The average molecular weight is 253 g/mol. The second kappa shape index (κ2) is 7.81. The third-order valence-corrected chi connectivity index (χ3v) is 2.46. The summed E-state index contributed by atoms with van der Waals surface area (Å²) in [5, 5.41) is 10.7. The van der Waals surface area contributed by atoms with Gasteiger partial charge in [-0.25, -0.2) is 5.06 Å². The lowest BCUT2D eigenvalue weighted by atomic mass is 10.2. The van der Waals surface area contributed by atoms with Crippen LogP contribution in [0, 0.1) is 0 Å². The molecule has 1 amide bonds. The maximum absolute atomic E-state index is 11.4. The number of hydrogen-bond donors (Lipinski definition) is 1. The Balaban J connectivity index is 2.21. The number of hydrogen-bond acceptors (Lipinski definition) is 4. The molecule has 5 heteroatoms. The SMILES string of the molecule is CON(C)C(=O)CC(O)COCc1ccccc1. The van der Waals surface area contributed by atoms with Crippen molar-refractivity contribution in [2.24, 2.45) is 0 Å². The fourth-order valence-electron chi connectivity index (χ4n) is 1.38. The summed E-state index contributed by atoms with van der Waals surface area (Å²) in [6.45, 7) is 0.546.